The van der Waals surface area contributed by atoms with Crippen LogP contribution >= 0.6 is 0 Å². The predicted molar refractivity (Wildman–Crippen MR) is 230 cm³/mol. The van der Waals surface area contributed by atoms with Gasteiger partial charge in [-0.3, -0.25) is 4.68 Å². The van der Waals surface area contributed by atoms with Crippen molar-refractivity contribution in [2.45, 2.75) is 119 Å². The minimum absolute atomic E-state index is 0. The van der Waals surface area contributed by atoms with Gasteiger partial charge in [0.2, 0.25) is 0 Å². The molecular weight excluding hydrogens is 779 g/mol. The van der Waals surface area contributed by atoms with E-state index >= 15 is 0 Å². The van der Waals surface area contributed by atoms with Crippen LogP contribution in [0.5, 0.6) is 11.5 Å². The van der Waals surface area contributed by atoms with E-state index < -0.39 is 0 Å². The average molecular weight is 835 g/mol. The number of nitrogens with zero attached hydrogens (tertiary/aromatic N) is 4. The monoisotopic (exact) mass is 834 g/mol. The third-order valence-corrected chi connectivity index (χ3v) is 10.8. The number of hydrogen-bond acceptors (Lipinski definition) is 3. The van der Waals surface area contributed by atoms with Gasteiger partial charge in [0, 0.05) is 34.5 Å². The first-order valence-electron chi connectivity index (χ1n) is 19.6. The first-order chi connectivity index (χ1) is 25.7. The molecule has 0 atom stereocenters. The number of pyridine rings is 1. The molecule has 0 radical (unpaired) electrons. The van der Waals surface area contributed by atoms with E-state index in [4.69, 9.17) is 14.8 Å². The first kappa shape index (κ1) is 41.1. The Kier molecular flexibility index (Phi) is 10.9. The molecule has 3 heterocycles. The summed E-state index contributed by atoms with van der Waals surface area (Å²) in [5.41, 5.74) is 13.7. The molecule has 5 nitrogen and oxygen atoms in total. The predicted octanol–water partition coefficient (Wildman–Crippen LogP) is 13.4. The molecule has 292 valence electrons. The molecule has 0 aliphatic rings. The minimum Gasteiger partial charge on any atom is -0.509 e. The first-order valence-corrected chi connectivity index (χ1v) is 19.6. The normalized spacial score (nSPS) is 12.5. The van der Waals surface area contributed by atoms with Crippen LogP contribution in [0.1, 0.15) is 121 Å². The fourth-order valence-electron chi connectivity index (χ4n) is 7.83. The number of aromatic nitrogens is 4. The molecule has 4 aromatic carbocycles. The Labute approximate surface area is 348 Å². The molecule has 0 unspecified atom stereocenters. The number of fused-ring (bicyclic) bond motifs is 3. The van der Waals surface area contributed by atoms with Gasteiger partial charge >= 0.3 is 20.4 Å². The maximum absolute atomic E-state index is 6.72. The van der Waals surface area contributed by atoms with Crippen molar-refractivity contribution in [3.63, 3.8) is 0 Å². The Hall–Kier alpha value is -4.50. The van der Waals surface area contributed by atoms with Crippen molar-refractivity contribution < 1.29 is 25.2 Å². The number of aryl methyl sites for hydroxylation is 2. The topological polar surface area (TPSA) is 44.9 Å². The van der Waals surface area contributed by atoms with E-state index in [0.717, 1.165) is 50.3 Å². The van der Waals surface area contributed by atoms with Crippen LogP contribution in [0, 0.1) is 32.9 Å². The van der Waals surface area contributed by atoms with Crippen LogP contribution in [0.25, 0.3) is 44.4 Å². The zero-order valence-corrected chi connectivity index (χ0v) is 37.2. The van der Waals surface area contributed by atoms with Gasteiger partial charge in [0.1, 0.15) is 5.82 Å². The van der Waals surface area contributed by atoms with Crippen LogP contribution in [-0.2, 0) is 36.7 Å². The Bertz CT molecular complexity index is 2550. The number of hydrogen-bond donors (Lipinski definition) is 0. The van der Waals surface area contributed by atoms with Crippen LogP contribution in [0.15, 0.2) is 79.0 Å². The van der Waals surface area contributed by atoms with Crippen molar-refractivity contribution in [1.29, 1.82) is 0 Å². The van der Waals surface area contributed by atoms with Crippen molar-refractivity contribution in [3.05, 3.63) is 130 Å². The number of rotatable bonds is 6. The Balaban J connectivity index is 0.00000532. The SMILES string of the molecule is Cc1cc(C(C)(C)C)c(-c2c(C)nn(-c3[c-]c(Oc4[c-]c5c(cc4)c4ccccc4n5-c4cc(C(C)(C)C)ccn4)cc(C(C)C)c3)c2C)c(C(C)(C)C)c1.[Pd+2]. The summed E-state index contributed by atoms with van der Waals surface area (Å²) in [6.07, 6.45) is 1.90. The van der Waals surface area contributed by atoms with E-state index in [2.05, 4.69) is 185 Å². The molecule has 0 saturated carbocycles. The smallest absolute Gasteiger partial charge is 0.509 e. The van der Waals surface area contributed by atoms with Crippen molar-refractivity contribution >= 4 is 21.8 Å². The summed E-state index contributed by atoms with van der Waals surface area (Å²) in [6, 6.07) is 33.2. The van der Waals surface area contributed by atoms with Gasteiger partial charge in [-0.1, -0.05) is 118 Å². The minimum atomic E-state index is -0.0538. The average Bonchev–Trinajstić information content (AvgIpc) is 3.59. The van der Waals surface area contributed by atoms with Crippen LogP contribution < -0.4 is 4.74 Å². The molecular formula is C50H56N4OPd. The van der Waals surface area contributed by atoms with Gasteiger partial charge in [-0.25, -0.2) is 4.98 Å². The Morgan fingerprint density at radius 2 is 1.34 bits per heavy atom. The fraction of sp³-hybridized carbons (Fsp3) is 0.360. The van der Waals surface area contributed by atoms with E-state index in [9.17, 15) is 0 Å². The summed E-state index contributed by atoms with van der Waals surface area (Å²) in [5.74, 6) is 2.37. The van der Waals surface area contributed by atoms with E-state index in [1.54, 1.807) is 0 Å². The molecule has 0 aliphatic heterocycles. The zero-order chi connectivity index (χ0) is 39.8. The molecule has 56 heavy (non-hydrogen) atoms. The number of para-hydroxylation sites is 1. The molecule has 0 saturated heterocycles. The third-order valence-electron chi connectivity index (χ3n) is 10.8. The molecule has 0 amide bonds. The van der Waals surface area contributed by atoms with Crippen LogP contribution in [-0.4, -0.2) is 19.3 Å². The zero-order valence-electron chi connectivity index (χ0n) is 35.6. The standard InChI is InChI=1S/C50H56N4O.Pd/c1-30(2)34-25-36(54-33(5)46(32(4)52-54)47-41(49(9,10)11)23-31(3)24-42(47)50(12,13)14)28-38(26-34)55-37-19-20-40-39-17-15-16-18-43(39)53(44(40)29-37)45-27-35(21-22-51-45)48(6,7)8;/h15-27,30H,1-14H3;/q-2;+2. The summed E-state index contributed by atoms with van der Waals surface area (Å²) in [5, 5.41) is 7.47. The molecule has 0 N–H and O–H groups in total. The van der Waals surface area contributed by atoms with E-state index in [0.29, 0.717) is 11.5 Å². The molecule has 6 heteroatoms. The van der Waals surface area contributed by atoms with Crippen molar-refractivity contribution in [3.8, 4) is 34.1 Å². The summed E-state index contributed by atoms with van der Waals surface area (Å²) in [6.45, 7) is 31.5. The molecule has 7 rings (SSSR count). The summed E-state index contributed by atoms with van der Waals surface area (Å²) < 4.78 is 11.0. The van der Waals surface area contributed by atoms with Gasteiger partial charge in [-0.15, -0.1) is 41.3 Å². The molecule has 7 aromatic rings. The second kappa shape index (κ2) is 14.8. The van der Waals surface area contributed by atoms with E-state index in [-0.39, 0.29) is 42.6 Å². The summed E-state index contributed by atoms with van der Waals surface area (Å²) in [4.78, 5) is 4.85. The molecule has 0 fully saturated rings. The van der Waals surface area contributed by atoms with Gasteiger partial charge in [0.05, 0.1) is 5.69 Å². The maximum atomic E-state index is 6.72. The fourth-order valence-corrected chi connectivity index (χ4v) is 7.83. The van der Waals surface area contributed by atoms with Crippen molar-refractivity contribution in [2.24, 2.45) is 0 Å². The third kappa shape index (κ3) is 7.63. The van der Waals surface area contributed by atoms with Gasteiger partial charge in [-0.2, -0.15) is 11.2 Å². The molecule has 0 bridgehead atoms. The summed E-state index contributed by atoms with van der Waals surface area (Å²) >= 11 is 0. The van der Waals surface area contributed by atoms with Gasteiger partial charge in [0.15, 0.2) is 0 Å². The van der Waals surface area contributed by atoms with Crippen molar-refractivity contribution in [1.82, 2.24) is 19.3 Å². The quantitative estimate of drug-likeness (QED) is 0.124. The van der Waals surface area contributed by atoms with Gasteiger partial charge < -0.3 is 9.30 Å². The van der Waals surface area contributed by atoms with Gasteiger partial charge in [-0.05, 0) is 94.5 Å². The van der Waals surface area contributed by atoms with Crippen LogP contribution in [0.4, 0.5) is 0 Å². The van der Waals surface area contributed by atoms with Crippen molar-refractivity contribution in [2.75, 3.05) is 0 Å². The number of benzene rings is 4. The Morgan fingerprint density at radius 3 is 1.96 bits per heavy atom. The second-order valence-corrected chi connectivity index (χ2v) is 18.7. The number of ether oxygens (including phenoxy) is 1. The molecule has 3 aromatic heterocycles. The van der Waals surface area contributed by atoms with Gasteiger partial charge in [0.25, 0.3) is 0 Å². The summed E-state index contributed by atoms with van der Waals surface area (Å²) in [7, 11) is 0. The molecule has 0 spiro atoms. The Morgan fingerprint density at radius 1 is 0.679 bits per heavy atom. The van der Waals surface area contributed by atoms with E-state index in [1.807, 2.05) is 12.3 Å². The largest absolute Gasteiger partial charge is 2.00 e. The van der Waals surface area contributed by atoms with Crippen LogP contribution in [0.2, 0.25) is 0 Å². The van der Waals surface area contributed by atoms with Crippen LogP contribution in [0.3, 0.4) is 0 Å². The van der Waals surface area contributed by atoms with E-state index in [1.165, 1.54) is 33.4 Å². The maximum Gasteiger partial charge on any atom is 2.00 e. The molecule has 0 aliphatic carbocycles. The second-order valence-electron chi connectivity index (χ2n) is 18.7.